The first-order chi connectivity index (χ1) is 10.6. The maximum Gasteiger partial charge on any atom is 0.289 e. The zero-order chi connectivity index (χ0) is 15.5. The van der Waals surface area contributed by atoms with Gasteiger partial charge < -0.3 is 10.6 Å². The molecule has 0 saturated carbocycles. The van der Waals surface area contributed by atoms with Gasteiger partial charge in [-0.25, -0.2) is 0 Å². The molecule has 0 aromatic heterocycles. The van der Waals surface area contributed by atoms with Crippen molar-refractivity contribution in [2.24, 2.45) is 5.92 Å². The number of carbonyl (C=O) groups is 3. The van der Waals surface area contributed by atoms with Gasteiger partial charge in [-0.2, -0.15) is 0 Å². The van der Waals surface area contributed by atoms with Gasteiger partial charge in [0.1, 0.15) is 0 Å². The molecule has 2 aliphatic rings. The lowest BCUT2D eigenvalue weighted by Gasteiger charge is -2.14. The van der Waals surface area contributed by atoms with Gasteiger partial charge in [-0.05, 0) is 30.7 Å². The molecular formula is C15H18ClN3O3S. The van der Waals surface area contributed by atoms with E-state index in [0.29, 0.717) is 0 Å². The van der Waals surface area contributed by atoms with Gasteiger partial charge in [-0.3, -0.25) is 19.3 Å². The minimum Gasteiger partial charge on any atom is -0.326 e. The molecule has 2 heterocycles. The van der Waals surface area contributed by atoms with Crippen LogP contribution in [0.5, 0.6) is 0 Å². The van der Waals surface area contributed by atoms with Crippen LogP contribution < -0.4 is 10.6 Å². The summed E-state index contributed by atoms with van der Waals surface area (Å²) in [6.07, 6.45) is 0.862. The molecule has 1 atom stereocenters. The van der Waals surface area contributed by atoms with Gasteiger partial charge in [0.25, 0.3) is 5.24 Å². The van der Waals surface area contributed by atoms with Crippen LogP contribution in [0.2, 0.25) is 0 Å². The number of halogens is 1. The van der Waals surface area contributed by atoms with Gasteiger partial charge in [-0.15, -0.1) is 12.4 Å². The van der Waals surface area contributed by atoms with E-state index in [0.717, 1.165) is 42.5 Å². The zero-order valence-corrected chi connectivity index (χ0v) is 14.0. The van der Waals surface area contributed by atoms with Crippen LogP contribution in [-0.2, 0) is 16.1 Å². The second-order valence-electron chi connectivity index (χ2n) is 5.41. The van der Waals surface area contributed by atoms with Crippen molar-refractivity contribution in [1.29, 1.82) is 0 Å². The minimum atomic E-state index is -0.198. The normalized spacial score (nSPS) is 20.5. The minimum absolute atomic E-state index is 0. The number of thioether (sulfide) groups is 1. The molecule has 0 bridgehead atoms. The van der Waals surface area contributed by atoms with Crippen LogP contribution in [-0.4, -0.2) is 40.8 Å². The number of imide groups is 1. The number of hydrogen-bond acceptors (Lipinski definition) is 5. The average Bonchev–Trinajstić information content (AvgIpc) is 3.15. The van der Waals surface area contributed by atoms with Gasteiger partial charge in [-0.1, -0.05) is 23.9 Å². The summed E-state index contributed by atoms with van der Waals surface area (Å²) in [6, 6.07) is 7.25. The number of anilines is 1. The summed E-state index contributed by atoms with van der Waals surface area (Å²) in [6.45, 7) is 1.89. The molecule has 0 radical (unpaired) electrons. The van der Waals surface area contributed by atoms with Gasteiger partial charge >= 0.3 is 0 Å². The lowest BCUT2D eigenvalue weighted by atomic mass is 10.1. The maximum absolute atomic E-state index is 12.0. The molecule has 0 aliphatic carbocycles. The van der Waals surface area contributed by atoms with E-state index < -0.39 is 0 Å². The summed E-state index contributed by atoms with van der Waals surface area (Å²) in [4.78, 5) is 36.4. The molecule has 2 fully saturated rings. The Bertz CT molecular complexity index is 586. The van der Waals surface area contributed by atoms with Crippen LogP contribution in [0, 0.1) is 5.92 Å². The van der Waals surface area contributed by atoms with E-state index in [1.54, 1.807) is 12.1 Å². The van der Waals surface area contributed by atoms with Gasteiger partial charge in [0.05, 0.1) is 18.2 Å². The predicted octanol–water partition coefficient (Wildman–Crippen LogP) is 1.85. The van der Waals surface area contributed by atoms with E-state index in [1.165, 1.54) is 4.90 Å². The van der Waals surface area contributed by atoms with Crippen molar-refractivity contribution in [2.45, 2.75) is 13.0 Å². The van der Waals surface area contributed by atoms with Crippen LogP contribution in [0.1, 0.15) is 12.0 Å². The summed E-state index contributed by atoms with van der Waals surface area (Å²) in [7, 11) is 0. The van der Waals surface area contributed by atoms with E-state index in [2.05, 4.69) is 10.6 Å². The number of nitrogens with one attached hydrogen (secondary N) is 2. The van der Waals surface area contributed by atoms with E-state index in [9.17, 15) is 14.4 Å². The first-order valence-electron chi connectivity index (χ1n) is 7.21. The Kier molecular flexibility index (Phi) is 6.04. The first kappa shape index (κ1) is 17.8. The Morgan fingerprint density at radius 2 is 2.04 bits per heavy atom. The Hall–Kier alpha value is -1.57. The molecule has 8 heteroatoms. The van der Waals surface area contributed by atoms with Crippen LogP contribution in [0.15, 0.2) is 24.3 Å². The Morgan fingerprint density at radius 3 is 2.61 bits per heavy atom. The van der Waals surface area contributed by atoms with Crippen molar-refractivity contribution in [3.05, 3.63) is 29.8 Å². The molecule has 6 nitrogen and oxygen atoms in total. The Balaban J connectivity index is 0.00000192. The smallest absolute Gasteiger partial charge is 0.289 e. The number of amides is 3. The number of benzene rings is 1. The van der Waals surface area contributed by atoms with Gasteiger partial charge in [0, 0.05) is 12.2 Å². The predicted molar refractivity (Wildman–Crippen MR) is 91.7 cm³/mol. The molecule has 124 valence electrons. The van der Waals surface area contributed by atoms with Gasteiger partial charge in [0.15, 0.2) is 0 Å². The van der Waals surface area contributed by atoms with Crippen LogP contribution in [0.25, 0.3) is 0 Å². The highest BCUT2D eigenvalue weighted by molar-refractivity contribution is 8.14. The van der Waals surface area contributed by atoms with Crippen LogP contribution in [0.4, 0.5) is 10.5 Å². The molecule has 2 saturated heterocycles. The van der Waals surface area contributed by atoms with E-state index in [-0.39, 0.29) is 47.7 Å². The summed E-state index contributed by atoms with van der Waals surface area (Å²) in [5, 5.41) is 5.86. The van der Waals surface area contributed by atoms with Crippen molar-refractivity contribution in [1.82, 2.24) is 10.2 Å². The fourth-order valence-corrected chi connectivity index (χ4v) is 3.26. The Morgan fingerprint density at radius 1 is 1.30 bits per heavy atom. The van der Waals surface area contributed by atoms with Crippen molar-refractivity contribution in [2.75, 3.05) is 24.2 Å². The maximum atomic E-state index is 12.0. The lowest BCUT2D eigenvalue weighted by Crippen LogP contribution is -2.28. The fourth-order valence-electron chi connectivity index (χ4n) is 2.53. The summed E-state index contributed by atoms with van der Waals surface area (Å²) >= 11 is 1.03. The third-order valence-corrected chi connectivity index (χ3v) is 4.69. The van der Waals surface area contributed by atoms with Crippen molar-refractivity contribution < 1.29 is 14.4 Å². The van der Waals surface area contributed by atoms with E-state index >= 15 is 0 Å². The number of carbonyl (C=O) groups excluding carboxylic acids is 3. The fraction of sp³-hybridized carbons (Fsp3) is 0.400. The molecule has 3 amide bonds. The third-order valence-electron chi connectivity index (χ3n) is 3.83. The van der Waals surface area contributed by atoms with Crippen LogP contribution in [0.3, 0.4) is 0 Å². The van der Waals surface area contributed by atoms with E-state index in [4.69, 9.17) is 0 Å². The molecule has 1 unspecified atom stereocenters. The summed E-state index contributed by atoms with van der Waals surface area (Å²) < 4.78 is 0. The second kappa shape index (κ2) is 7.81. The van der Waals surface area contributed by atoms with Gasteiger partial charge in [0.2, 0.25) is 11.8 Å². The largest absolute Gasteiger partial charge is 0.326 e. The molecule has 0 spiro atoms. The van der Waals surface area contributed by atoms with Crippen molar-refractivity contribution in [3.8, 4) is 0 Å². The quantitative estimate of drug-likeness (QED) is 0.861. The highest BCUT2D eigenvalue weighted by Gasteiger charge is 2.29. The number of hydrogen-bond donors (Lipinski definition) is 2. The molecule has 1 aromatic rings. The molecule has 2 aliphatic heterocycles. The molecule has 3 rings (SSSR count). The molecular weight excluding hydrogens is 338 g/mol. The molecule has 1 aromatic carbocycles. The van der Waals surface area contributed by atoms with Crippen LogP contribution >= 0.6 is 24.2 Å². The molecule has 23 heavy (non-hydrogen) atoms. The topological polar surface area (TPSA) is 78.5 Å². The highest BCUT2D eigenvalue weighted by Crippen LogP contribution is 2.22. The van der Waals surface area contributed by atoms with E-state index in [1.807, 2.05) is 12.1 Å². The van der Waals surface area contributed by atoms with Crippen molar-refractivity contribution in [3.63, 3.8) is 0 Å². The standard InChI is InChI=1S/C15H17N3O3S.ClH/c19-13-9-22-15(21)18(13)8-10-1-3-12(4-2-10)17-14(20)11-5-6-16-7-11;/h1-4,11,16H,5-9H2,(H,17,20);1H. The monoisotopic (exact) mass is 355 g/mol. The highest BCUT2D eigenvalue weighted by atomic mass is 35.5. The third kappa shape index (κ3) is 4.25. The molecule has 2 N–H and O–H groups in total. The van der Waals surface area contributed by atoms with Crippen molar-refractivity contribution >= 4 is 46.9 Å². The number of rotatable bonds is 4. The summed E-state index contributed by atoms with van der Waals surface area (Å²) in [5.74, 6) is 0.124. The first-order valence-corrected chi connectivity index (χ1v) is 8.19. The Labute approximate surface area is 144 Å². The zero-order valence-electron chi connectivity index (χ0n) is 12.4. The second-order valence-corrected chi connectivity index (χ2v) is 6.34. The number of nitrogens with zero attached hydrogens (tertiary/aromatic N) is 1. The lowest BCUT2D eigenvalue weighted by molar-refractivity contribution is -0.125. The average molecular weight is 356 g/mol. The summed E-state index contributed by atoms with van der Waals surface area (Å²) in [5.41, 5.74) is 1.60. The SMILES string of the molecule is Cl.O=C(Nc1ccc(CN2C(=O)CSC2=O)cc1)C1CCNC1.